The number of fused-ring (bicyclic) bond motifs is 1. The van der Waals surface area contributed by atoms with Crippen molar-refractivity contribution in [2.75, 3.05) is 19.0 Å². The van der Waals surface area contributed by atoms with E-state index in [0.717, 1.165) is 11.1 Å². The molecule has 1 aliphatic rings. The molecular formula is C20H29NO7S. The number of phenols is 1. The third kappa shape index (κ3) is 4.09. The number of carbonyl (C=O) groups is 2. The number of phenolic OH excluding ortho intramolecular Hbond substituents is 1. The Morgan fingerprint density at radius 3 is 2.31 bits per heavy atom. The van der Waals surface area contributed by atoms with Gasteiger partial charge in [0.2, 0.25) is 5.91 Å². The van der Waals surface area contributed by atoms with Crippen molar-refractivity contribution in [3.05, 3.63) is 27.8 Å². The average molecular weight is 428 g/mol. The smallest absolute Gasteiger partial charge is 0.327 e. The number of rotatable bonds is 8. The predicted molar refractivity (Wildman–Crippen MR) is 109 cm³/mol. The molecule has 0 aliphatic heterocycles. The van der Waals surface area contributed by atoms with Gasteiger partial charge in [-0.2, -0.15) is 11.8 Å². The summed E-state index contributed by atoms with van der Waals surface area (Å²) in [6, 6.07) is -1.14. The summed E-state index contributed by atoms with van der Waals surface area (Å²) in [5.74, 6) is -1.68. The molecule has 4 atom stereocenters. The summed E-state index contributed by atoms with van der Waals surface area (Å²) in [6.45, 7) is 5.96. The van der Waals surface area contributed by atoms with Crippen molar-refractivity contribution in [1.82, 2.24) is 5.32 Å². The monoisotopic (exact) mass is 427 g/mol. The molecule has 0 aromatic heterocycles. The molecule has 8 nitrogen and oxygen atoms in total. The second-order valence-electron chi connectivity index (χ2n) is 7.75. The minimum atomic E-state index is -1.19. The first-order valence-electron chi connectivity index (χ1n) is 9.37. The van der Waals surface area contributed by atoms with Crippen LogP contribution in [-0.4, -0.2) is 62.4 Å². The van der Waals surface area contributed by atoms with E-state index in [1.54, 1.807) is 13.8 Å². The second-order valence-corrected chi connectivity index (χ2v) is 8.89. The normalized spacial score (nSPS) is 24.2. The van der Waals surface area contributed by atoms with Crippen molar-refractivity contribution < 1.29 is 35.1 Å². The number of aliphatic carboxylic acids is 1. The maximum Gasteiger partial charge on any atom is 0.327 e. The van der Waals surface area contributed by atoms with Gasteiger partial charge < -0.3 is 30.8 Å². The molecule has 0 radical (unpaired) electrons. The van der Waals surface area contributed by atoms with Crippen LogP contribution in [0.3, 0.4) is 0 Å². The Kier molecular flexibility index (Phi) is 7.21. The Morgan fingerprint density at radius 2 is 1.83 bits per heavy atom. The summed E-state index contributed by atoms with van der Waals surface area (Å²) >= 11 is 1.17. The number of nitrogens with one attached hydrogen (secondary N) is 1. The molecule has 0 heterocycles. The van der Waals surface area contributed by atoms with E-state index in [0.29, 0.717) is 23.1 Å². The van der Waals surface area contributed by atoms with Crippen LogP contribution < -0.4 is 5.32 Å². The van der Waals surface area contributed by atoms with Gasteiger partial charge in [0.25, 0.3) is 0 Å². The highest BCUT2D eigenvalue weighted by Crippen LogP contribution is 2.62. The molecule has 0 fully saturated rings. The van der Waals surface area contributed by atoms with Crippen molar-refractivity contribution in [1.29, 1.82) is 0 Å². The van der Waals surface area contributed by atoms with E-state index in [4.69, 9.17) is 0 Å². The van der Waals surface area contributed by atoms with Crippen LogP contribution in [0.1, 0.15) is 53.0 Å². The maximum absolute atomic E-state index is 11.5. The van der Waals surface area contributed by atoms with Gasteiger partial charge in [-0.05, 0) is 42.5 Å². The molecular weight excluding hydrogens is 398 g/mol. The van der Waals surface area contributed by atoms with E-state index < -0.39 is 34.7 Å². The lowest BCUT2D eigenvalue weighted by atomic mass is 9.84. The first-order valence-corrected chi connectivity index (χ1v) is 10.4. The number of thioether (sulfide) groups is 1. The van der Waals surface area contributed by atoms with Gasteiger partial charge in [-0.15, -0.1) is 0 Å². The number of aliphatic hydroxyl groups is 3. The van der Waals surface area contributed by atoms with Crippen LogP contribution in [0.25, 0.3) is 0 Å². The Hall–Kier alpha value is -1.81. The van der Waals surface area contributed by atoms with Gasteiger partial charge in [0, 0.05) is 35.5 Å². The molecule has 6 N–H and O–H groups in total. The van der Waals surface area contributed by atoms with Gasteiger partial charge in [0.15, 0.2) is 0 Å². The van der Waals surface area contributed by atoms with E-state index in [-0.39, 0.29) is 24.7 Å². The van der Waals surface area contributed by atoms with Gasteiger partial charge in [0.05, 0.1) is 12.7 Å². The molecule has 0 spiro atoms. The zero-order valence-electron chi connectivity index (χ0n) is 17.0. The summed E-state index contributed by atoms with van der Waals surface area (Å²) in [5, 5.41) is 52.6. The fourth-order valence-electron chi connectivity index (χ4n) is 4.08. The van der Waals surface area contributed by atoms with Crippen molar-refractivity contribution in [2.45, 2.75) is 51.5 Å². The Bertz CT molecular complexity index is 813. The zero-order chi connectivity index (χ0) is 22.1. The largest absolute Gasteiger partial charge is 0.507 e. The SMILES string of the molecule is CC(=O)N[C@@H](CS[C@H]1c2c(O)c(C)c(CCO)c(C)c2[C@@H](O)[C@]1(C)CO)C(=O)O. The lowest BCUT2D eigenvalue weighted by molar-refractivity contribution is -0.140. The first-order chi connectivity index (χ1) is 13.5. The third-order valence-electron chi connectivity index (χ3n) is 5.78. The summed E-state index contributed by atoms with van der Waals surface area (Å²) in [4.78, 5) is 22.8. The van der Waals surface area contributed by atoms with Gasteiger partial charge >= 0.3 is 5.97 Å². The first kappa shape index (κ1) is 23.5. The third-order valence-corrected chi connectivity index (χ3v) is 7.41. The van der Waals surface area contributed by atoms with Crippen molar-refractivity contribution in [3.63, 3.8) is 0 Å². The van der Waals surface area contributed by atoms with Crippen LogP contribution in [0, 0.1) is 19.3 Å². The fourth-order valence-corrected chi connectivity index (χ4v) is 5.68. The Balaban J connectivity index is 2.54. The Labute approximate surface area is 174 Å². The molecule has 1 aromatic rings. The molecule has 0 saturated heterocycles. The highest BCUT2D eigenvalue weighted by molar-refractivity contribution is 7.99. The molecule has 1 aromatic carbocycles. The van der Waals surface area contributed by atoms with Crippen LogP contribution in [-0.2, 0) is 16.0 Å². The van der Waals surface area contributed by atoms with Crippen LogP contribution in [0.5, 0.6) is 5.75 Å². The van der Waals surface area contributed by atoms with Crippen molar-refractivity contribution >= 4 is 23.6 Å². The molecule has 0 unspecified atom stereocenters. The van der Waals surface area contributed by atoms with E-state index in [1.165, 1.54) is 18.7 Å². The molecule has 1 amide bonds. The molecule has 9 heteroatoms. The highest BCUT2D eigenvalue weighted by atomic mass is 32.2. The van der Waals surface area contributed by atoms with Crippen molar-refractivity contribution in [3.8, 4) is 5.75 Å². The minimum absolute atomic E-state index is 0.00272. The lowest BCUT2D eigenvalue weighted by Crippen LogP contribution is -2.42. The Morgan fingerprint density at radius 1 is 1.21 bits per heavy atom. The standard InChI is InChI=1S/C20H29NO7S/c1-9-12(5-6-22)10(2)16(25)15-14(9)17(26)20(4,8-23)18(15)29-7-13(19(27)28)21-11(3)24/h13,17-18,22-23,25-26H,5-8H2,1-4H3,(H,21,24)(H,27,28)/t13-,17+,18-,20-/m0/s1. The van der Waals surface area contributed by atoms with E-state index >= 15 is 0 Å². The summed E-state index contributed by atoms with van der Waals surface area (Å²) in [6.07, 6.45) is -0.754. The number of hydrogen-bond donors (Lipinski definition) is 6. The van der Waals surface area contributed by atoms with Crippen LogP contribution in [0.15, 0.2) is 0 Å². The number of hydrogen-bond acceptors (Lipinski definition) is 7. The van der Waals surface area contributed by atoms with Crippen LogP contribution in [0.4, 0.5) is 0 Å². The zero-order valence-corrected chi connectivity index (χ0v) is 17.8. The topological polar surface area (TPSA) is 147 Å². The quantitative estimate of drug-likeness (QED) is 0.359. The maximum atomic E-state index is 11.5. The van der Waals surface area contributed by atoms with Gasteiger partial charge in [-0.1, -0.05) is 6.92 Å². The van der Waals surface area contributed by atoms with Crippen molar-refractivity contribution in [2.24, 2.45) is 5.41 Å². The second kappa shape index (κ2) is 8.91. The van der Waals surface area contributed by atoms with E-state index in [9.17, 15) is 35.1 Å². The van der Waals surface area contributed by atoms with E-state index in [2.05, 4.69) is 5.32 Å². The number of carboxylic acids is 1. The molecule has 29 heavy (non-hydrogen) atoms. The lowest BCUT2D eigenvalue weighted by Gasteiger charge is -2.33. The van der Waals surface area contributed by atoms with E-state index in [1.807, 2.05) is 6.92 Å². The number of benzene rings is 1. The molecule has 2 rings (SSSR count). The van der Waals surface area contributed by atoms with Gasteiger partial charge in [0.1, 0.15) is 11.8 Å². The van der Waals surface area contributed by atoms with Gasteiger partial charge in [-0.25, -0.2) is 4.79 Å². The summed E-state index contributed by atoms with van der Waals surface area (Å²) in [7, 11) is 0. The van der Waals surface area contributed by atoms with Crippen LogP contribution >= 0.6 is 11.8 Å². The molecule has 0 saturated carbocycles. The van der Waals surface area contributed by atoms with Gasteiger partial charge in [-0.3, -0.25) is 4.79 Å². The summed E-state index contributed by atoms with van der Waals surface area (Å²) in [5.41, 5.74) is 2.01. The molecule has 162 valence electrons. The summed E-state index contributed by atoms with van der Waals surface area (Å²) < 4.78 is 0. The molecule has 1 aliphatic carbocycles. The number of aliphatic hydroxyl groups excluding tert-OH is 3. The predicted octanol–water partition coefficient (Wildman–Crippen LogP) is 0.953. The number of aromatic hydroxyl groups is 1. The fraction of sp³-hybridized carbons (Fsp3) is 0.600. The van der Waals surface area contributed by atoms with Crippen LogP contribution in [0.2, 0.25) is 0 Å². The number of amides is 1. The minimum Gasteiger partial charge on any atom is -0.507 e. The average Bonchev–Trinajstić information content (AvgIpc) is 2.88. The number of carboxylic acid groups (broad SMARTS) is 1. The number of carbonyl (C=O) groups excluding carboxylic acids is 1. The molecule has 0 bridgehead atoms. The highest BCUT2D eigenvalue weighted by Gasteiger charge is 2.52.